The molecule has 0 unspecified atom stereocenters. The Kier molecular flexibility index (Phi) is 18.0. The first-order chi connectivity index (χ1) is 14.9. The van der Waals surface area contributed by atoms with Crippen LogP contribution in [0.1, 0.15) is 79.2 Å². The van der Waals surface area contributed by atoms with Gasteiger partial charge >= 0.3 is 0 Å². The summed E-state index contributed by atoms with van der Waals surface area (Å²) in [5.41, 5.74) is 1.19. The number of rotatable bonds is 8. The number of ether oxygens (including phenoxy) is 3. The van der Waals surface area contributed by atoms with Crippen LogP contribution in [0, 0.1) is 0 Å². The molecule has 30 heavy (non-hydrogen) atoms. The van der Waals surface area contributed by atoms with Gasteiger partial charge in [-0.25, -0.2) is 0 Å². The summed E-state index contributed by atoms with van der Waals surface area (Å²) in [6, 6.07) is 20.1. The Labute approximate surface area is 185 Å². The fourth-order valence-corrected chi connectivity index (χ4v) is 3.11. The van der Waals surface area contributed by atoms with E-state index in [4.69, 9.17) is 14.2 Å². The van der Waals surface area contributed by atoms with Crippen LogP contribution >= 0.6 is 0 Å². The molecule has 0 atom stereocenters. The molecule has 1 fully saturated rings. The average molecular weight is 417 g/mol. The van der Waals surface area contributed by atoms with Gasteiger partial charge in [-0.2, -0.15) is 0 Å². The number of hydrogen-bond acceptors (Lipinski definition) is 3. The fraction of sp³-hybridized carbons (Fsp3) is 0.556. The minimum atomic E-state index is -0.450. The third-order valence-electron chi connectivity index (χ3n) is 4.42. The lowest BCUT2D eigenvalue weighted by Crippen LogP contribution is -2.39. The maximum absolute atomic E-state index is 6.23. The molecule has 2 aromatic rings. The van der Waals surface area contributed by atoms with Crippen LogP contribution < -0.4 is 4.74 Å². The smallest absolute Gasteiger partial charge is 0.168 e. The molecule has 1 saturated carbocycles. The zero-order valence-corrected chi connectivity index (χ0v) is 20.2. The van der Waals surface area contributed by atoms with Crippen molar-refractivity contribution in [1.82, 2.24) is 0 Å². The van der Waals surface area contributed by atoms with E-state index in [-0.39, 0.29) is 0 Å². The molecule has 0 radical (unpaired) electrons. The Bertz CT molecular complexity index is 578. The summed E-state index contributed by atoms with van der Waals surface area (Å²) in [6.45, 7) is 13.7. The minimum Gasteiger partial charge on any atom is -0.491 e. The molecule has 0 aliphatic heterocycles. The van der Waals surface area contributed by atoms with Crippen molar-refractivity contribution in [1.29, 1.82) is 0 Å². The monoisotopic (exact) mass is 416 g/mol. The van der Waals surface area contributed by atoms with Crippen molar-refractivity contribution >= 4 is 0 Å². The van der Waals surface area contributed by atoms with E-state index in [1.54, 1.807) is 0 Å². The predicted molar refractivity (Wildman–Crippen MR) is 129 cm³/mol. The van der Waals surface area contributed by atoms with Gasteiger partial charge in [0.15, 0.2) is 5.79 Å². The molecule has 3 heteroatoms. The molecule has 0 heterocycles. The Hall–Kier alpha value is -1.84. The van der Waals surface area contributed by atoms with Crippen LogP contribution in [-0.2, 0) is 16.1 Å². The quantitative estimate of drug-likeness (QED) is 0.322. The van der Waals surface area contributed by atoms with Crippen molar-refractivity contribution in [2.75, 3.05) is 13.2 Å². The molecule has 2 aromatic carbocycles. The first-order valence-electron chi connectivity index (χ1n) is 11.9. The molecule has 1 aliphatic carbocycles. The highest BCUT2D eigenvalue weighted by Gasteiger charge is 2.34. The van der Waals surface area contributed by atoms with Crippen LogP contribution in [0.15, 0.2) is 60.7 Å². The zero-order chi connectivity index (χ0) is 22.5. The summed E-state index contributed by atoms with van der Waals surface area (Å²) >= 11 is 0. The highest BCUT2D eigenvalue weighted by molar-refractivity contribution is 5.20. The molecule has 3 rings (SSSR count). The molecule has 0 spiro atoms. The second-order valence-corrected chi connectivity index (χ2v) is 6.26. The first-order valence-corrected chi connectivity index (χ1v) is 11.9. The molecule has 170 valence electrons. The lowest BCUT2D eigenvalue weighted by atomic mass is 9.94. The van der Waals surface area contributed by atoms with E-state index in [1.807, 2.05) is 90.1 Å². The lowest BCUT2D eigenvalue weighted by Gasteiger charge is -2.37. The van der Waals surface area contributed by atoms with Crippen LogP contribution in [-0.4, -0.2) is 19.0 Å². The van der Waals surface area contributed by atoms with Gasteiger partial charge in [0.2, 0.25) is 0 Å². The van der Waals surface area contributed by atoms with Crippen molar-refractivity contribution in [2.24, 2.45) is 0 Å². The molecule has 1 aliphatic rings. The second kappa shape index (κ2) is 19.1. The highest BCUT2D eigenvalue weighted by atomic mass is 16.7. The van der Waals surface area contributed by atoms with Crippen molar-refractivity contribution in [2.45, 2.75) is 86.0 Å². The van der Waals surface area contributed by atoms with E-state index in [9.17, 15) is 0 Å². The van der Waals surface area contributed by atoms with Gasteiger partial charge in [-0.1, -0.05) is 96.5 Å². The van der Waals surface area contributed by atoms with Gasteiger partial charge in [-0.05, 0) is 30.5 Å². The van der Waals surface area contributed by atoms with Gasteiger partial charge in [-0.15, -0.1) is 0 Å². The summed E-state index contributed by atoms with van der Waals surface area (Å²) in [5, 5.41) is 0. The molecular weight excluding hydrogens is 372 g/mol. The summed E-state index contributed by atoms with van der Waals surface area (Å²) in [5.74, 6) is 0.428. The minimum absolute atomic E-state index is 0.450. The molecule has 3 nitrogen and oxygen atoms in total. The van der Waals surface area contributed by atoms with Crippen LogP contribution in [0.2, 0.25) is 0 Å². The Morgan fingerprint density at radius 3 is 1.73 bits per heavy atom. The number of para-hydroxylation sites is 1. The highest BCUT2D eigenvalue weighted by Crippen LogP contribution is 2.33. The number of benzene rings is 2. The maximum atomic E-state index is 6.23. The van der Waals surface area contributed by atoms with Crippen molar-refractivity contribution in [3.05, 3.63) is 66.2 Å². The standard InChI is InChI=1S/C21H26O3.3C2H6/c1-4-10-19(11-5-1)18-24-21(14-8-3-9-15-21)23-17-16-22-20-12-6-2-7-13-20;3*1-2/h1-2,4-7,10-13H,3,8-9,14-18H2;3*1-2H3. The van der Waals surface area contributed by atoms with E-state index in [0.29, 0.717) is 19.8 Å². The van der Waals surface area contributed by atoms with Gasteiger partial charge in [-0.3, -0.25) is 0 Å². The largest absolute Gasteiger partial charge is 0.491 e. The summed E-state index contributed by atoms with van der Waals surface area (Å²) in [7, 11) is 0. The SMILES string of the molecule is CC.CC.CC.c1ccc(COC2(OCCOc3ccccc3)CCCCC2)cc1. The van der Waals surface area contributed by atoms with Crippen molar-refractivity contribution < 1.29 is 14.2 Å². The maximum Gasteiger partial charge on any atom is 0.168 e. The van der Waals surface area contributed by atoms with E-state index >= 15 is 0 Å². The Morgan fingerprint density at radius 2 is 1.17 bits per heavy atom. The van der Waals surface area contributed by atoms with Crippen LogP contribution in [0.25, 0.3) is 0 Å². The van der Waals surface area contributed by atoms with Gasteiger partial charge < -0.3 is 14.2 Å². The van der Waals surface area contributed by atoms with E-state index in [0.717, 1.165) is 31.4 Å². The van der Waals surface area contributed by atoms with Crippen LogP contribution in [0.5, 0.6) is 5.75 Å². The van der Waals surface area contributed by atoms with Crippen molar-refractivity contribution in [3.8, 4) is 5.75 Å². The summed E-state index contributed by atoms with van der Waals surface area (Å²) < 4.78 is 18.1. The predicted octanol–water partition coefficient (Wildman–Crippen LogP) is 8.04. The Morgan fingerprint density at radius 1 is 0.633 bits per heavy atom. The second-order valence-electron chi connectivity index (χ2n) is 6.26. The van der Waals surface area contributed by atoms with Gasteiger partial charge in [0.1, 0.15) is 12.4 Å². The van der Waals surface area contributed by atoms with Crippen LogP contribution in [0.4, 0.5) is 0 Å². The van der Waals surface area contributed by atoms with E-state index in [1.165, 1.54) is 12.0 Å². The fourth-order valence-electron chi connectivity index (χ4n) is 3.11. The molecule has 0 amide bonds. The molecular formula is C27H44O3. The lowest BCUT2D eigenvalue weighted by molar-refractivity contribution is -0.260. The summed E-state index contributed by atoms with van der Waals surface area (Å²) in [4.78, 5) is 0. The summed E-state index contributed by atoms with van der Waals surface area (Å²) in [6.07, 6.45) is 5.51. The van der Waals surface area contributed by atoms with Crippen molar-refractivity contribution in [3.63, 3.8) is 0 Å². The normalized spacial score (nSPS) is 13.9. The van der Waals surface area contributed by atoms with E-state index in [2.05, 4.69) is 12.1 Å². The van der Waals surface area contributed by atoms with Gasteiger partial charge in [0.05, 0.1) is 13.2 Å². The van der Waals surface area contributed by atoms with Gasteiger partial charge in [0.25, 0.3) is 0 Å². The number of hydrogen-bond donors (Lipinski definition) is 0. The van der Waals surface area contributed by atoms with Gasteiger partial charge in [0, 0.05) is 12.8 Å². The molecule has 0 saturated heterocycles. The molecule has 0 bridgehead atoms. The van der Waals surface area contributed by atoms with Crippen LogP contribution in [0.3, 0.4) is 0 Å². The average Bonchev–Trinajstić information content (AvgIpc) is 2.86. The molecule has 0 aromatic heterocycles. The third-order valence-corrected chi connectivity index (χ3v) is 4.42. The topological polar surface area (TPSA) is 27.7 Å². The first kappa shape index (κ1) is 28.2. The van der Waals surface area contributed by atoms with E-state index < -0.39 is 5.79 Å². The third kappa shape index (κ3) is 11.4. The Balaban J connectivity index is 0.00000129. The zero-order valence-electron chi connectivity index (χ0n) is 20.2. The molecule has 0 N–H and O–H groups in total.